The van der Waals surface area contributed by atoms with Gasteiger partial charge in [-0.2, -0.15) is 0 Å². The van der Waals surface area contributed by atoms with Gasteiger partial charge < -0.3 is 15.0 Å². The van der Waals surface area contributed by atoms with Crippen molar-refractivity contribution in [3.63, 3.8) is 0 Å². The van der Waals surface area contributed by atoms with Gasteiger partial charge in [0.05, 0.1) is 12.7 Å². The van der Waals surface area contributed by atoms with Gasteiger partial charge in [-0.3, -0.25) is 0 Å². The quantitative estimate of drug-likeness (QED) is 0.875. The molecule has 1 N–H and O–H groups in total. The van der Waals surface area contributed by atoms with E-state index < -0.39 is 0 Å². The zero-order chi connectivity index (χ0) is 13.7. The number of hydrogen-bond donors (Lipinski definition) is 1. The average molecular weight is 262 g/mol. The van der Waals surface area contributed by atoms with Crippen LogP contribution >= 0.6 is 0 Å². The van der Waals surface area contributed by atoms with Crippen LogP contribution in [0.2, 0.25) is 0 Å². The summed E-state index contributed by atoms with van der Waals surface area (Å²) in [5.41, 5.74) is 4.21. The van der Waals surface area contributed by atoms with Crippen molar-refractivity contribution in [3.05, 3.63) is 34.9 Å². The second kappa shape index (κ2) is 7.04. The largest absolute Gasteiger partial charge is 0.374 e. The van der Waals surface area contributed by atoms with Gasteiger partial charge in [0, 0.05) is 26.2 Å². The maximum Gasteiger partial charge on any atom is 0.0826 e. The minimum atomic E-state index is 0.345. The SMILES string of the molecule is Cc1ccc(CCN(C)CC2CNCCO2)c(C)c1. The second-order valence-electron chi connectivity index (χ2n) is 5.64. The Labute approximate surface area is 116 Å². The van der Waals surface area contributed by atoms with Crippen LogP contribution in [0.25, 0.3) is 0 Å². The molecule has 1 heterocycles. The van der Waals surface area contributed by atoms with Gasteiger partial charge >= 0.3 is 0 Å². The molecule has 1 saturated heterocycles. The molecule has 0 bridgehead atoms. The Hall–Kier alpha value is -0.900. The van der Waals surface area contributed by atoms with Crippen LogP contribution in [0.3, 0.4) is 0 Å². The molecule has 0 amide bonds. The number of benzene rings is 1. The molecule has 1 atom stereocenters. The summed E-state index contributed by atoms with van der Waals surface area (Å²) in [6, 6.07) is 6.73. The highest BCUT2D eigenvalue weighted by Gasteiger charge is 2.15. The van der Waals surface area contributed by atoms with Crippen molar-refractivity contribution in [2.24, 2.45) is 0 Å². The maximum absolute atomic E-state index is 5.74. The molecule has 1 unspecified atom stereocenters. The molecule has 0 aliphatic carbocycles. The summed E-state index contributed by atoms with van der Waals surface area (Å²) in [6.07, 6.45) is 1.46. The highest BCUT2D eigenvalue weighted by atomic mass is 16.5. The fourth-order valence-corrected chi connectivity index (χ4v) is 2.61. The highest BCUT2D eigenvalue weighted by molar-refractivity contribution is 5.30. The number of rotatable bonds is 5. The first kappa shape index (κ1) is 14.5. The van der Waals surface area contributed by atoms with Crippen LogP contribution < -0.4 is 5.32 Å². The summed E-state index contributed by atoms with van der Waals surface area (Å²) in [5, 5.41) is 3.38. The van der Waals surface area contributed by atoms with Crippen molar-refractivity contribution in [2.45, 2.75) is 26.4 Å². The van der Waals surface area contributed by atoms with Crippen molar-refractivity contribution >= 4 is 0 Å². The molecule has 1 fully saturated rings. The molecule has 0 saturated carbocycles. The van der Waals surface area contributed by atoms with Gasteiger partial charge in [0.1, 0.15) is 0 Å². The Bertz CT molecular complexity index is 400. The Kier molecular flexibility index (Phi) is 5.37. The number of aryl methyl sites for hydroxylation is 2. The minimum Gasteiger partial charge on any atom is -0.374 e. The zero-order valence-corrected chi connectivity index (χ0v) is 12.4. The summed E-state index contributed by atoms with van der Waals surface area (Å²) >= 11 is 0. The van der Waals surface area contributed by atoms with E-state index in [4.69, 9.17) is 4.74 Å². The van der Waals surface area contributed by atoms with Gasteiger partial charge in [-0.1, -0.05) is 23.8 Å². The summed E-state index contributed by atoms with van der Waals surface area (Å²) in [6.45, 7) is 9.26. The molecule has 3 nitrogen and oxygen atoms in total. The van der Waals surface area contributed by atoms with E-state index in [0.29, 0.717) is 6.10 Å². The van der Waals surface area contributed by atoms with Gasteiger partial charge in [-0.15, -0.1) is 0 Å². The molecule has 0 spiro atoms. The monoisotopic (exact) mass is 262 g/mol. The van der Waals surface area contributed by atoms with E-state index in [-0.39, 0.29) is 0 Å². The highest BCUT2D eigenvalue weighted by Crippen LogP contribution is 2.11. The van der Waals surface area contributed by atoms with Crippen molar-refractivity contribution in [1.29, 1.82) is 0 Å². The number of ether oxygens (including phenoxy) is 1. The van der Waals surface area contributed by atoms with Crippen molar-refractivity contribution in [1.82, 2.24) is 10.2 Å². The maximum atomic E-state index is 5.74. The Morgan fingerprint density at radius 2 is 2.21 bits per heavy atom. The lowest BCUT2D eigenvalue weighted by atomic mass is 10.0. The Balaban J connectivity index is 1.77. The third-order valence-electron chi connectivity index (χ3n) is 3.78. The van der Waals surface area contributed by atoms with Crippen LogP contribution in [-0.2, 0) is 11.2 Å². The van der Waals surface area contributed by atoms with Crippen molar-refractivity contribution in [3.8, 4) is 0 Å². The van der Waals surface area contributed by atoms with Crippen molar-refractivity contribution < 1.29 is 4.74 Å². The van der Waals surface area contributed by atoms with Crippen LogP contribution in [-0.4, -0.2) is 50.8 Å². The van der Waals surface area contributed by atoms with Crippen LogP contribution in [0.5, 0.6) is 0 Å². The van der Waals surface area contributed by atoms with Crippen LogP contribution in [0.4, 0.5) is 0 Å². The fourth-order valence-electron chi connectivity index (χ4n) is 2.61. The molecule has 3 heteroatoms. The predicted octanol–water partition coefficient (Wildman–Crippen LogP) is 1.77. The fraction of sp³-hybridized carbons (Fsp3) is 0.625. The first-order chi connectivity index (χ1) is 9.15. The molecule has 0 aromatic heterocycles. The van der Waals surface area contributed by atoms with Gasteiger partial charge in [0.25, 0.3) is 0 Å². The van der Waals surface area contributed by atoms with Crippen molar-refractivity contribution in [2.75, 3.05) is 39.8 Å². The standard InChI is InChI=1S/C16H26N2O/c1-13-4-5-15(14(2)10-13)6-8-18(3)12-16-11-17-7-9-19-16/h4-5,10,16-17H,6-9,11-12H2,1-3H3. The van der Waals surface area contributed by atoms with Gasteiger partial charge in [0.15, 0.2) is 0 Å². The predicted molar refractivity (Wildman–Crippen MR) is 79.7 cm³/mol. The minimum absolute atomic E-state index is 0.345. The van der Waals surface area contributed by atoms with Gasteiger partial charge in [-0.05, 0) is 38.4 Å². The van der Waals surface area contributed by atoms with E-state index in [0.717, 1.165) is 39.2 Å². The molecule has 2 rings (SSSR count). The summed E-state index contributed by atoms with van der Waals surface area (Å²) in [7, 11) is 2.18. The number of nitrogens with zero attached hydrogens (tertiary/aromatic N) is 1. The molecule has 19 heavy (non-hydrogen) atoms. The van der Waals surface area contributed by atoms with Crippen LogP contribution in [0.1, 0.15) is 16.7 Å². The molecule has 0 radical (unpaired) electrons. The molecular formula is C16H26N2O. The normalized spacial score (nSPS) is 19.9. The summed E-state index contributed by atoms with van der Waals surface area (Å²) in [5.74, 6) is 0. The third-order valence-corrected chi connectivity index (χ3v) is 3.78. The van der Waals surface area contributed by atoms with Gasteiger partial charge in [-0.25, -0.2) is 0 Å². The van der Waals surface area contributed by atoms with E-state index in [1.807, 2.05) is 0 Å². The molecule has 1 aliphatic rings. The van der Waals surface area contributed by atoms with E-state index in [2.05, 4.69) is 49.3 Å². The van der Waals surface area contributed by atoms with Crippen LogP contribution in [0.15, 0.2) is 18.2 Å². The molecule has 106 valence electrons. The lowest BCUT2D eigenvalue weighted by Gasteiger charge is -2.28. The summed E-state index contributed by atoms with van der Waals surface area (Å²) < 4.78 is 5.74. The van der Waals surface area contributed by atoms with Crippen LogP contribution in [0, 0.1) is 13.8 Å². The Morgan fingerprint density at radius 3 is 2.89 bits per heavy atom. The first-order valence-corrected chi connectivity index (χ1v) is 7.22. The van der Waals surface area contributed by atoms with E-state index in [9.17, 15) is 0 Å². The number of nitrogens with one attached hydrogen (secondary N) is 1. The topological polar surface area (TPSA) is 24.5 Å². The molecule has 1 aromatic rings. The van der Waals surface area contributed by atoms with Gasteiger partial charge in [0.2, 0.25) is 0 Å². The lowest BCUT2D eigenvalue weighted by molar-refractivity contribution is 0.0103. The summed E-state index contributed by atoms with van der Waals surface area (Å²) in [4.78, 5) is 2.37. The second-order valence-corrected chi connectivity index (χ2v) is 5.64. The molecule has 1 aromatic carbocycles. The lowest BCUT2D eigenvalue weighted by Crippen LogP contribution is -2.44. The third kappa shape index (κ3) is 4.60. The first-order valence-electron chi connectivity index (χ1n) is 7.22. The molecular weight excluding hydrogens is 236 g/mol. The Morgan fingerprint density at radius 1 is 1.37 bits per heavy atom. The number of likely N-dealkylation sites (N-methyl/N-ethyl adjacent to an activating group) is 1. The number of hydrogen-bond acceptors (Lipinski definition) is 3. The average Bonchev–Trinajstić information content (AvgIpc) is 2.39. The van der Waals surface area contributed by atoms with E-state index in [1.54, 1.807) is 0 Å². The number of morpholine rings is 1. The molecule has 1 aliphatic heterocycles. The van der Waals surface area contributed by atoms with E-state index in [1.165, 1.54) is 16.7 Å². The smallest absolute Gasteiger partial charge is 0.0826 e. The van der Waals surface area contributed by atoms with E-state index >= 15 is 0 Å². The zero-order valence-electron chi connectivity index (χ0n) is 12.4.